The molecule has 0 radical (unpaired) electrons. The highest BCUT2D eigenvalue weighted by Gasteiger charge is 2.19. The van der Waals surface area contributed by atoms with E-state index in [1.165, 1.54) is 30.8 Å². The lowest BCUT2D eigenvalue weighted by Crippen LogP contribution is -2.37. The van der Waals surface area contributed by atoms with E-state index in [2.05, 4.69) is 41.8 Å². The number of thioether (sulfide) groups is 1. The van der Waals surface area contributed by atoms with Crippen molar-refractivity contribution in [1.82, 2.24) is 4.90 Å². The van der Waals surface area contributed by atoms with Gasteiger partial charge in [0.05, 0.1) is 7.11 Å². The maximum atomic E-state index is 5.70. The van der Waals surface area contributed by atoms with E-state index < -0.39 is 0 Å². The first-order chi connectivity index (χ1) is 9.26. The van der Waals surface area contributed by atoms with Crippen LogP contribution in [-0.4, -0.2) is 36.1 Å². The molecule has 1 aromatic carbocycles. The van der Waals surface area contributed by atoms with Gasteiger partial charge in [-0.1, -0.05) is 19.1 Å². The largest absolute Gasteiger partial charge is 0.496 e. The maximum absolute atomic E-state index is 5.70. The standard InChI is InChI=1S/C15H24N2OS/c1-3-14-11-17(6-7-19-14)10-12-4-5-13(9-16)15(8-12)18-2/h4-5,8,14H,3,6-7,9-11,16H2,1-2H3. The van der Waals surface area contributed by atoms with Crippen LogP contribution in [0.1, 0.15) is 24.5 Å². The molecule has 0 saturated carbocycles. The van der Waals surface area contributed by atoms with Crippen LogP contribution in [0.2, 0.25) is 0 Å². The van der Waals surface area contributed by atoms with Crippen LogP contribution in [0.25, 0.3) is 0 Å². The Labute approximate surface area is 120 Å². The number of hydrogen-bond acceptors (Lipinski definition) is 4. The van der Waals surface area contributed by atoms with Crippen LogP contribution in [0.15, 0.2) is 18.2 Å². The molecule has 2 rings (SSSR count). The van der Waals surface area contributed by atoms with E-state index in [4.69, 9.17) is 10.5 Å². The van der Waals surface area contributed by atoms with Gasteiger partial charge in [-0.2, -0.15) is 11.8 Å². The summed E-state index contributed by atoms with van der Waals surface area (Å²) in [5.41, 5.74) is 8.09. The Morgan fingerprint density at radius 2 is 2.32 bits per heavy atom. The van der Waals surface area contributed by atoms with Gasteiger partial charge in [0.2, 0.25) is 0 Å². The van der Waals surface area contributed by atoms with Crippen molar-refractivity contribution in [1.29, 1.82) is 0 Å². The average Bonchev–Trinajstić information content (AvgIpc) is 2.47. The maximum Gasteiger partial charge on any atom is 0.123 e. The molecule has 1 aliphatic heterocycles. The number of nitrogens with zero attached hydrogens (tertiary/aromatic N) is 1. The molecule has 4 heteroatoms. The molecule has 1 unspecified atom stereocenters. The summed E-state index contributed by atoms with van der Waals surface area (Å²) in [6.07, 6.45) is 1.26. The van der Waals surface area contributed by atoms with Crippen molar-refractivity contribution >= 4 is 11.8 Å². The van der Waals surface area contributed by atoms with Gasteiger partial charge in [-0.05, 0) is 18.1 Å². The van der Waals surface area contributed by atoms with Gasteiger partial charge in [-0.3, -0.25) is 4.90 Å². The summed E-state index contributed by atoms with van der Waals surface area (Å²) >= 11 is 2.11. The zero-order valence-corrected chi connectivity index (χ0v) is 12.7. The summed E-state index contributed by atoms with van der Waals surface area (Å²) in [4.78, 5) is 2.54. The SMILES string of the molecule is CCC1CN(Cc2ccc(CN)c(OC)c2)CCS1. The van der Waals surface area contributed by atoms with Crippen LogP contribution in [0.3, 0.4) is 0 Å². The van der Waals surface area contributed by atoms with E-state index in [0.717, 1.165) is 23.1 Å². The molecule has 106 valence electrons. The lowest BCUT2D eigenvalue weighted by Gasteiger charge is -2.32. The number of benzene rings is 1. The molecular weight excluding hydrogens is 256 g/mol. The second kappa shape index (κ2) is 7.17. The second-order valence-electron chi connectivity index (χ2n) is 4.99. The normalized spacial score (nSPS) is 20.5. The molecule has 3 nitrogen and oxygen atoms in total. The van der Waals surface area contributed by atoms with Crippen molar-refractivity contribution < 1.29 is 4.74 Å². The molecule has 0 aromatic heterocycles. The van der Waals surface area contributed by atoms with Gasteiger partial charge < -0.3 is 10.5 Å². The molecule has 1 aromatic rings. The number of nitrogens with two attached hydrogens (primary N) is 1. The first-order valence-electron chi connectivity index (χ1n) is 6.96. The minimum atomic E-state index is 0.529. The Morgan fingerprint density at radius 1 is 1.47 bits per heavy atom. The van der Waals surface area contributed by atoms with Gasteiger partial charge in [0.25, 0.3) is 0 Å². The number of ether oxygens (including phenoxy) is 1. The molecule has 1 atom stereocenters. The summed E-state index contributed by atoms with van der Waals surface area (Å²) in [5, 5.41) is 0.791. The molecule has 1 saturated heterocycles. The number of methoxy groups -OCH3 is 1. The van der Waals surface area contributed by atoms with E-state index in [-0.39, 0.29) is 0 Å². The fourth-order valence-electron chi connectivity index (χ4n) is 2.49. The van der Waals surface area contributed by atoms with E-state index in [1.54, 1.807) is 7.11 Å². The van der Waals surface area contributed by atoms with E-state index in [0.29, 0.717) is 6.54 Å². The summed E-state index contributed by atoms with van der Waals surface area (Å²) < 4.78 is 5.41. The van der Waals surface area contributed by atoms with Gasteiger partial charge in [0.15, 0.2) is 0 Å². The smallest absolute Gasteiger partial charge is 0.123 e. The average molecular weight is 280 g/mol. The molecule has 1 fully saturated rings. The summed E-state index contributed by atoms with van der Waals surface area (Å²) in [6, 6.07) is 6.39. The quantitative estimate of drug-likeness (QED) is 0.899. The highest BCUT2D eigenvalue weighted by atomic mass is 32.2. The van der Waals surface area contributed by atoms with Gasteiger partial charge in [0, 0.05) is 42.7 Å². The van der Waals surface area contributed by atoms with Gasteiger partial charge >= 0.3 is 0 Å². The van der Waals surface area contributed by atoms with Gasteiger partial charge in [-0.25, -0.2) is 0 Å². The Hall–Kier alpha value is -0.710. The Morgan fingerprint density at radius 3 is 3.00 bits per heavy atom. The van der Waals surface area contributed by atoms with Crippen molar-refractivity contribution in [2.45, 2.75) is 31.7 Å². The fourth-order valence-corrected chi connectivity index (χ4v) is 3.73. The molecule has 0 amide bonds. The molecule has 1 heterocycles. The zero-order chi connectivity index (χ0) is 13.7. The van der Waals surface area contributed by atoms with E-state index >= 15 is 0 Å². The Bertz CT molecular complexity index is 411. The minimum Gasteiger partial charge on any atom is -0.496 e. The minimum absolute atomic E-state index is 0.529. The third-order valence-corrected chi connectivity index (χ3v) is 5.03. The van der Waals surface area contributed by atoms with Crippen LogP contribution in [0.5, 0.6) is 5.75 Å². The third-order valence-electron chi connectivity index (χ3n) is 3.66. The summed E-state index contributed by atoms with van der Waals surface area (Å²) in [5.74, 6) is 2.16. The van der Waals surface area contributed by atoms with Crippen molar-refractivity contribution in [2.24, 2.45) is 5.73 Å². The predicted octanol–water partition coefficient (Wildman–Crippen LogP) is 2.48. The fraction of sp³-hybridized carbons (Fsp3) is 0.600. The summed E-state index contributed by atoms with van der Waals surface area (Å²) in [6.45, 7) is 6.20. The highest BCUT2D eigenvalue weighted by molar-refractivity contribution is 8.00. The first-order valence-corrected chi connectivity index (χ1v) is 8.01. The summed E-state index contributed by atoms with van der Waals surface area (Å²) in [7, 11) is 1.71. The topological polar surface area (TPSA) is 38.5 Å². The van der Waals surface area contributed by atoms with Crippen molar-refractivity contribution in [3.05, 3.63) is 29.3 Å². The Kier molecular flexibility index (Phi) is 5.55. The van der Waals surface area contributed by atoms with Crippen LogP contribution >= 0.6 is 11.8 Å². The van der Waals surface area contributed by atoms with Crippen molar-refractivity contribution in [3.63, 3.8) is 0 Å². The second-order valence-corrected chi connectivity index (χ2v) is 6.39. The van der Waals surface area contributed by atoms with E-state index in [1.807, 2.05) is 0 Å². The Balaban J connectivity index is 2.02. The predicted molar refractivity (Wildman–Crippen MR) is 82.7 cm³/mol. The monoisotopic (exact) mass is 280 g/mol. The lowest BCUT2D eigenvalue weighted by atomic mass is 10.1. The number of hydrogen-bond donors (Lipinski definition) is 1. The van der Waals surface area contributed by atoms with Crippen LogP contribution in [0.4, 0.5) is 0 Å². The highest BCUT2D eigenvalue weighted by Crippen LogP contribution is 2.24. The lowest BCUT2D eigenvalue weighted by molar-refractivity contribution is 0.272. The van der Waals surface area contributed by atoms with Crippen molar-refractivity contribution in [3.8, 4) is 5.75 Å². The molecule has 2 N–H and O–H groups in total. The van der Waals surface area contributed by atoms with E-state index in [9.17, 15) is 0 Å². The van der Waals surface area contributed by atoms with Crippen LogP contribution < -0.4 is 10.5 Å². The van der Waals surface area contributed by atoms with Gasteiger partial charge in [-0.15, -0.1) is 0 Å². The molecule has 0 spiro atoms. The zero-order valence-electron chi connectivity index (χ0n) is 11.9. The third kappa shape index (κ3) is 3.88. The van der Waals surface area contributed by atoms with Crippen molar-refractivity contribution in [2.75, 3.05) is 26.0 Å². The van der Waals surface area contributed by atoms with Crippen LogP contribution in [-0.2, 0) is 13.1 Å². The number of rotatable bonds is 5. The molecule has 0 aliphatic carbocycles. The molecule has 1 aliphatic rings. The first kappa shape index (κ1) is 14.7. The molecule has 19 heavy (non-hydrogen) atoms. The van der Waals surface area contributed by atoms with Gasteiger partial charge in [0.1, 0.15) is 5.75 Å². The van der Waals surface area contributed by atoms with Crippen LogP contribution in [0, 0.1) is 0 Å². The molecular formula is C15H24N2OS. The molecule has 0 bridgehead atoms.